The molecule has 4 rings (SSSR count). The predicted octanol–water partition coefficient (Wildman–Crippen LogP) is 3.96. The number of aromatic nitrogens is 3. The van der Waals surface area contributed by atoms with Crippen LogP contribution in [-0.4, -0.2) is 21.2 Å². The molecule has 1 saturated carbocycles. The molecule has 2 aromatic heterocycles. The van der Waals surface area contributed by atoms with Gasteiger partial charge >= 0.3 is 0 Å². The van der Waals surface area contributed by atoms with Crippen LogP contribution in [0.3, 0.4) is 0 Å². The first-order valence-corrected chi connectivity index (χ1v) is 9.08. The molecule has 0 spiro atoms. The van der Waals surface area contributed by atoms with E-state index in [1.54, 1.807) is 11.9 Å². The van der Waals surface area contributed by atoms with E-state index in [1.807, 2.05) is 13.8 Å². The van der Waals surface area contributed by atoms with Crippen molar-refractivity contribution >= 4 is 28.9 Å². The lowest BCUT2D eigenvalue weighted by molar-refractivity contribution is 0.393. The number of rotatable bonds is 4. The highest BCUT2D eigenvalue weighted by atomic mass is 32.2. The summed E-state index contributed by atoms with van der Waals surface area (Å²) in [6, 6.07) is 4.77. The summed E-state index contributed by atoms with van der Waals surface area (Å²) in [4.78, 5) is 8.66. The van der Waals surface area contributed by atoms with Crippen molar-refractivity contribution in [3.63, 3.8) is 0 Å². The highest BCUT2D eigenvalue weighted by Gasteiger charge is 2.18. The monoisotopic (exact) mass is 343 g/mol. The predicted molar refractivity (Wildman–Crippen MR) is 96.7 cm³/mol. The summed E-state index contributed by atoms with van der Waals surface area (Å²) in [7, 11) is 0. The molecule has 1 fully saturated rings. The summed E-state index contributed by atoms with van der Waals surface area (Å²) in [5.41, 5.74) is 10.7. The third-order valence-electron chi connectivity index (χ3n) is 4.58. The van der Waals surface area contributed by atoms with Gasteiger partial charge in [-0.05, 0) is 56.3 Å². The molecule has 0 bridgehead atoms. The van der Waals surface area contributed by atoms with Gasteiger partial charge in [-0.15, -0.1) is 0 Å². The van der Waals surface area contributed by atoms with Crippen molar-refractivity contribution in [2.45, 2.75) is 50.5 Å². The number of hydrogen-bond acceptors (Lipinski definition) is 6. The molecular formula is C17H21N5OS. The lowest BCUT2D eigenvalue weighted by Crippen LogP contribution is -2.18. The van der Waals surface area contributed by atoms with E-state index in [4.69, 9.17) is 10.3 Å². The van der Waals surface area contributed by atoms with Crippen molar-refractivity contribution in [1.29, 1.82) is 0 Å². The fourth-order valence-corrected chi connectivity index (χ4v) is 4.38. The number of hydrogen-bond donors (Lipinski definition) is 3. The minimum absolute atomic E-state index is 0.434. The number of benzene rings is 1. The van der Waals surface area contributed by atoms with Crippen LogP contribution in [0.4, 0.5) is 5.95 Å². The summed E-state index contributed by atoms with van der Waals surface area (Å²) in [5.74, 6) is 1.25. The Labute approximate surface area is 144 Å². The van der Waals surface area contributed by atoms with Gasteiger partial charge in [0.2, 0.25) is 0 Å². The van der Waals surface area contributed by atoms with Gasteiger partial charge in [0.25, 0.3) is 0 Å². The molecule has 0 aliphatic heterocycles. The van der Waals surface area contributed by atoms with E-state index in [9.17, 15) is 0 Å². The van der Waals surface area contributed by atoms with Crippen LogP contribution in [0, 0.1) is 13.8 Å². The molecule has 1 aliphatic rings. The van der Waals surface area contributed by atoms with Gasteiger partial charge in [0.15, 0.2) is 5.95 Å². The van der Waals surface area contributed by atoms with Crippen LogP contribution < -0.4 is 10.5 Å². The molecule has 0 radical (unpaired) electrons. The van der Waals surface area contributed by atoms with Crippen LogP contribution >= 0.6 is 11.9 Å². The number of nitrogens with zero attached hydrogens (tertiary/aromatic N) is 2. The lowest BCUT2D eigenvalue weighted by atomic mass is 10.0. The number of aryl methyl sites for hydroxylation is 2. The lowest BCUT2D eigenvalue weighted by Gasteiger charge is -2.12. The smallest absolute Gasteiger partial charge is 0.198 e. The zero-order valence-electron chi connectivity index (χ0n) is 13.8. The molecular weight excluding hydrogens is 322 g/mol. The number of nitrogens with one attached hydrogen (secondary N) is 2. The Kier molecular flexibility index (Phi) is 3.97. The van der Waals surface area contributed by atoms with E-state index < -0.39 is 0 Å². The summed E-state index contributed by atoms with van der Waals surface area (Å²) in [6.45, 7) is 3.89. The molecule has 6 nitrogen and oxygen atoms in total. The zero-order chi connectivity index (χ0) is 16.7. The van der Waals surface area contributed by atoms with Crippen LogP contribution in [0.25, 0.3) is 22.2 Å². The molecule has 0 atom stereocenters. The molecule has 0 unspecified atom stereocenters. The van der Waals surface area contributed by atoms with Gasteiger partial charge in [-0.2, -0.15) is 0 Å². The highest BCUT2D eigenvalue weighted by molar-refractivity contribution is 7.97. The maximum absolute atomic E-state index is 5.88. The average Bonchev–Trinajstić information content (AvgIpc) is 3.25. The Balaban J connectivity index is 1.75. The topological polar surface area (TPSA) is 92.8 Å². The first kappa shape index (κ1) is 15.5. The second-order valence-corrected chi connectivity index (χ2v) is 7.27. The molecule has 0 amide bonds. The van der Waals surface area contributed by atoms with Crippen molar-refractivity contribution < 1.29 is 4.52 Å². The van der Waals surface area contributed by atoms with Crippen molar-refractivity contribution in [3.05, 3.63) is 23.6 Å². The van der Waals surface area contributed by atoms with Crippen LogP contribution in [-0.2, 0) is 0 Å². The van der Waals surface area contributed by atoms with E-state index in [1.165, 1.54) is 25.7 Å². The molecule has 126 valence electrons. The van der Waals surface area contributed by atoms with Crippen molar-refractivity contribution in [2.75, 3.05) is 5.73 Å². The van der Waals surface area contributed by atoms with Gasteiger partial charge in [-0.1, -0.05) is 18.0 Å². The number of nitrogen functional groups attached to an aromatic ring is 1. The molecule has 3 aromatic rings. The first-order chi connectivity index (χ1) is 11.6. The van der Waals surface area contributed by atoms with E-state index in [0.717, 1.165) is 38.5 Å². The fraction of sp³-hybridized carbons (Fsp3) is 0.412. The van der Waals surface area contributed by atoms with Crippen LogP contribution in [0.15, 0.2) is 21.6 Å². The van der Waals surface area contributed by atoms with Crippen molar-refractivity contribution in [3.8, 4) is 11.1 Å². The number of nitrogens with two attached hydrogens (primary N) is 1. The second-order valence-electron chi connectivity index (χ2n) is 6.39. The number of H-pyrrole nitrogens is 1. The van der Waals surface area contributed by atoms with Gasteiger partial charge in [-0.25, -0.2) is 4.98 Å². The first-order valence-electron chi connectivity index (χ1n) is 8.26. The Hall–Kier alpha value is -1.99. The van der Waals surface area contributed by atoms with Crippen molar-refractivity contribution in [2.24, 2.45) is 0 Å². The van der Waals surface area contributed by atoms with E-state index >= 15 is 0 Å². The molecule has 1 aliphatic carbocycles. The standard InChI is InChI=1S/C17H21N5OS/c1-9-15(10(2)23-21-9)11-7-13-16(20-17(18)19-13)14(8-11)24-22-12-5-3-4-6-12/h7-8,12,22H,3-6H2,1-2H3,(H3,18,19,20). The Bertz CT molecular complexity index is 859. The summed E-state index contributed by atoms with van der Waals surface area (Å²) in [6.07, 6.45) is 5.09. The third kappa shape index (κ3) is 2.78. The SMILES string of the molecule is Cc1noc(C)c1-c1cc(SNC2CCCC2)c2nc(N)[nH]c2c1. The molecule has 1 aromatic carbocycles. The Morgan fingerprint density at radius 3 is 2.79 bits per heavy atom. The minimum atomic E-state index is 0.434. The number of fused-ring (bicyclic) bond motifs is 1. The molecule has 4 N–H and O–H groups in total. The van der Waals surface area contributed by atoms with Crippen LogP contribution in [0.5, 0.6) is 0 Å². The minimum Gasteiger partial charge on any atom is -0.369 e. The third-order valence-corrected chi connectivity index (χ3v) is 5.57. The van der Waals surface area contributed by atoms with Gasteiger partial charge in [-0.3, -0.25) is 4.72 Å². The number of imidazole rings is 1. The van der Waals surface area contributed by atoms with E-state index in [0.29, 0.717) is 12.0 Å². The second kappa shape index (κ2) is 6.14. The number of aromatic amines is 1. The zero-order valence-corrected chi connectivity index (χ0v) is 14.7. The highest BCUT2D eigenvalue weighted by Crippen LogP contribution is 2.35. The molecule has 24 heavy (non-hydrogen) atoms. The average molecular weight is 343 g/mol. The Morgan fingerprint density at radius 2 is 2.08 bits per heavy atom. The van der Waals surface area contributed by atoms with Gasteiger partial charge in [0.05, 0.1) is 16.1 Å². The van der Waals surface area contributed by atoms with Crippen molar-refractivity contribution in [1.82, 2.24) is 19.8 Å². The fourth-order valence-electron chi connectivity index (χ4n) is 3.41. The maximum atomic E-state index is 5.88. The van der Waals surface area contributed by atoms with Gasteiger partial charge < -0.3 is 15.2 Å². The van der Waals surface area contributed by atoms with Gasteiger partial charge in [0.1, 0.15) is 11.3 Å². The summed E-state index contributed by atoms with van der Waals surface area (Å²) < 4.78 is 8.91. The van der Waals surface area contributed by atoms with Gasteiger partial charge in [0, 0.05) is 11.6 Å². The largest absolute Gasteiger partial charge is 0.369 e. The quantitative estimate of drug-likeness (QED) is 0.621. The number of anilines is 1. The van der Waals surface area contributed by atoms with E-state index in [2.05, 4.69) is 32.0 Å². The van der Waals surface area contributed by atoms with Crippen LogP contribution in [0.1, 0.15) is 37.1 Å². The Morgan fingerprint density at radius 1 is 1.29 bits per heavy atom. The molecule has 2 heterocycles. The summed E-state index contributed by atoms with van der Waals surface area (Å²) in [5, 5.41) is 4.07. The maximum Gasteiger partial charge on any atom is 0.198 e. The molecule has 7 heteroatoms. The van der Waals surface area contributed by atoms with E-state index in [-0.39, 0.29) is 0 Å². The normalized spacial score (nSPS) is 15.6. The molecule has 0 saturated heterocycles. The van der Waals surface area contributed by atoms with Crippen LogP contribution in [0.2, 0.25) is 0 Å². The summed E-state index contributed by atoms with van der Waals surface area (Å²) >= 11 is 1.64.